The lowest BCUT2D eigenvalue weighted by Crippen LogP contribution is -2.31. The summed E-state index contributed by atoms with van der Waals surface area (Å²) in [4.78, 5) is 0. The molecule has 0 aromatic heterocycles. The number of hydrogen-bond acceptors (Lipinski definition) is 4. The second-order valence-electron chi connectivity index (χ2n) is 5.84. The number of nitrogens with one attached hydrogen (secondary N) is 1. The summed E-state index contributed by atoms with van der Waals surface area (Å²) >= 11 is 4.61. The van der Waals surface area contributed by atoms with Crippen LogP contribution in [0.3, 0.4) is 0 Å². The zero-order chi connectivity index (χ0) is 17.3. The molecule has 0 amide bonds. The van der Waals surface area contributed by atoms with Gasteiger partial charge in [0.2, 0.25) is 0 Å². The Morgan fingerprint density at radius 2 is 1.71 bits per heavy atom. The van der Waals surface area contributed by atoms with Crippen molar-refractivity contribution in [3.8, 4) is 11.5 Å². The topological polar surface area (TPSA) is 56.5 Å². The molecule has 24 heavy (non-hydrogen) atoms. The van der Waals surface area contributed by atoms with Gasteiger partial charge in [0.15, 0.2) is 11.5 Å². The predicted octanol–water partition coefficient (Wildman–Crippen LogP) is 3.92. The summed E-state index contributed by atoms with van der Waals surface area (Å²) in [6.07, 6.45) is 1.93. The van der Waals surface area contributed by atoms with Crippen molar-refractivity contribution in [3.63, 3.8) is 0 Å². The summed E-state index contributed by atoms with van der Waals surface area (Å²) in [5.41, 5.74) is 10.8. The molecule has 6 heteroatoms. The number of hydrogen-bond donors (Lipinski definition) is 2. The fraction of sp³-hybridized carbons (Fsp3) is 0.333. The van der Waals surface area contributed by atoms with E-state index in [9.17, 15) is 0 Å². The van der Waals surface area contributed by atoms with Crippen LogP contribution in [0, 0.1) is 7.14 Å². The van der Waals surface area contributed by atoms with Gasteiger partial charge in [0.1, 0.15) is 0 Å². The third-order valence-electron chi connectivity index (χ3n) is 4.38. The van der Waals surface area contributed by atoms with Crippen molar-refractivity contribution in [3.05, 3.63) is 48.1 Å². The second-order valence-corrected chi connectivity index (χ2v) is 8.16. The van der Waals surface area contributed by atoms with Gasteiger partial charge in [0.05, 0.1) is 19.9 Å². The Balaban J connectivity index is 1.95. The van der Waals surface area contributed by atoms with E-state index >= 15 is 0 Å². The first-order chi connectivity index (χ1) is 11.5. The Bertz CT molecular complexity index is 742. The predicted molar refractivity (Wildman–Crippen MR) is 114 cm³/mol. The number of methoxy groups -OCH3 is 2. The van der Waals surface area contributed by atoms with E-state index in [0.717, 1.165) is 43.7 Å². The van der Waals surface area contributed by atoms with Gasteiger partial charge in [0.25, 0.3) is 0 Å². The molecule has 2 aromatic carbocycles. The molecule has 2 aromatic rings. The Labute approximate surface area is 169 Å². The van der Waals surface area contributed by atoms with E-state index in [4.69, 9.17) is 15.2 Å². The molecule has 1 aliphatic heterocycles. The summed E-state index contributed by atoms with van der Waals surface area (Å²) in [7, 11) is 3.36. The van der Waals surface area contributed by atoms with E-state index in [-0.39, 0.29) is 6.04 Å². The van der Waals surface area contributed by atoms with E-state index in [1.807, 2.05) is 0 Å². The maximum Gasteiger partial charge on any atom is 0.161 e. The smallest absolute Gasteiger partial charge is 0.161 e. The van der Waals surface area contributed by atoms with E-state index in [1.54, 1.807) is 14.2 Å². The van der Waals surface area contributed by atoms with E-state index < -0.39 is 0 Å². The quantitative estimate of drug-likeness (QED) is 0.448. The number of anilines is 1. The summed E-state index contributed by atoms with van der Waals surface area (Å²) in [5, 5.41) is 3.63. The highest BCUT2D eigenvalue weighted by atomic mass is 127. The van der Waals surface area contributed by atoms with Crippen molar-refractivity contribution in [1.82, 2.24) is 5.32 Å². The first-order valence-corrected chi connectivity index (χ1v) is 9.90. The number of nitrogens with two attached hydrogens (primary N) is 1. The zero-order valence-electron chi connectivity index (χ0n) is 13.7. The molecule has 0 aliphatic carbocycles. The highest BCUT2D eigenvalue weighted by Crippen LogP contribution is 2.36. The van der Waals surface area contributed by atoms with Gasteiger partial charge >= 0.3 is 0 Å². The fourth-order valence-electron chi connectivity index (χ4n) is 3.14. The van der Waals surface area contributed by atoms with E-state index in [0.29, 0.717) is 0 Å². The van der Waals surface area contributed by atoms with Crippen LogP contribution in [0.25, 0.3) is 0 Å². The molecule has 4 nitrogen and oxygen atoms in total. The van der Waals surface area contributed by atoms with Gasteiger partial charge in [-0.05, 0) is 106 Å². The van der Waals surface area contributed by atoms with Crippen molar-refractivity contribution in [2.75, 3.05) is 26.5 Å². The first kappa shape index (κ1) is 18.1. The van der Waals surface area contributed by atoms with Crippen LogP contribution in [-0.4, -0.2) is 20.8 Å². The first-order valence-electron chi connectivity index (χ1n) is 7.75. The van der Waals surface area contributed by atoms with Crippen LogP contribution in [0.2, 0.25) is 0 Å². The minimum atomic E-state index is 0.267. The molecule has 1 heterocycles. The number of nitrogen functional groups attached to an aromatic ring is 1. The lowest BCUT2D eigenvalue weighted by molar-refractivity contribution is 0.352. The number of ether oxygens (including phenoxy) is 2. The van der Waals surface area contributed by atoms with Crippen molar-refractivity contribution in [2.45, 2.75) is 18.9 Å². The molecular weight excluding hydrogens is 530 g/mol. The van der Waals surface area contributed by atoms with Gasteiger partial charge in [-0.1, -0.05) is 0 Å². The Morgan fingerprint density at radius 3 is 2.33 bits per heavy atom. The van der Waals surface area contributed by atoms with Gasteiger partial charge in [-0.15, -0.1) is 0 Å². The SMILES string of the molecule is COc1cc2c(cc1OC)C(Cc1cc(I)c(N)c(I)c1)NCC2. The number of rotatable bonds is 4. The van der Waals surface area contributed by atoms with Gasteiger partial charge in [0, 0.05) is 13.2 Å². The lowest BCUT2D eigenvalue weighted by Gasteiger charge is -2.28. The van der Waals surface area contributed by atoms with Crippen molar-refractivity contribution >= 4 is 50.9 Å². The standard InChI is InChI=1S/C18H20I2N2O2/c1-23-16-8-11-3-4-22-15(12(11)9-17(16)24-2)7-10-5-13(19)18(21)14(20)6-10/h5-6,8-9,15,22H,3-4,7,21H2,1-2H3. The molecule has 1 unspecified atom stereocenters. The average molecular weight is 550 g/mol. The summed E-state index contributed by atoms with van der Waals surface area (Å²) < 4.78 is 13.1. The number of halogens is 2. The summed E-state index contributed by atoms with van der Waals surface area (Å²) in [6, 6.07) is 8.84. The molecule has 1 atom stereocenters. The Kier molecular flexibility index (Phi) is 5.76. The van der Waals surface area contributed by atoms with Crippen LogP contribution in [-0.2, 0) is 12.8 Å². The van der Waals surface area contributed by atoms with Crippen LogP contribution >= 0.6 is 45.2 Å². The number of fused-ring (bicyclic) bond motifs is 1. The fourth-order valence-corrected chi connectivity index (χ4v) is 5.04. The number of benzene rings is 2. The molecular formula is C18H20I2N2O2. The minimum Gasteiger partial charge on any atom is -0.493 e. The van der Waals surface area contributed by atoms with Crippen molar-refractivity contribution in [2.24, 2.45) is 0 Å². The second kappa shape index (κ2) is 7.65. The normalized spacial score (nSPS) is 16.6. The molecule has 0 saturated carbocycles. The average Bonchev–Trinajstić information content (AvgIpc) is 2.58. The van der Waals surface area contributed by atoms with Gasteiger partial charge in [-0.3, -0.25) is 0 Å². The van der Waals surface area contributed by atoms with Crippen LogP contribution in [0.1, 0.15) is 22.7 Å². The van der Waals surface area contributed by atoms with Gasteiger partial charge in [-0.25, -0.2) is 0 Å². The van der Waals surface area contributed by atoms with Crippen molar-refractivity contribution < 1.29 is 9.47 Å². The maximum absolute atomic E-state index is 6.07. The molecule has 3 rings (SSSR count). The Hall–Kier alpha value is -0.740. The monoisotopic (exact) mass is 550 g/mol. The molecule has 0 bridgehead atoms. The van der Waals surface area contributed by atoms with Crippen LogP contribution in [0.5, 0.6) is 11.5 Å². The summed E-state index contributed by atoms with van der Waals surface area (Å²) in [5.74, 6) is 1.58. The molecule has 1 aliphatic rings. The molecule has 0 fully saturated rings. The highest BCUT2D eigenvalue weighted by molar-refractivity contribution is 14.1. The third kappa shape index (κ3) is 3.60. The Morgan fingerprint density at radius 1 is 1.08 bits per heavy atom. The third-order valence-corrected chi connectivity index (χ3v) is 6.17. The largest absolute Gasteiger partial charge is 0.493 e. The molecule has 128 valence electrons. The molecule has 0 spiro atoms. The summed E-state index contributed by atoms with van der Waals surface area (Å²) in [6.45, 7) is 0.969. The van der Waals surface area contributed by atoms with Crippen LogP contribution in [0.15, 0.2) is 24.3 Å². The van der Waals surface area contributed by atoms with Gasteiger partial charge < -0.3 is 20.5 Å². The molecule has 3 N–H and O–H groups in total. The zero-order valence-corrected chi connectivity index (χ0v) is 18.0. The maximum atomic E-state index is 6.07. The van der Waals surface area contributed by atoms with Crippen molar-refractivity contribution in [1.29, 1.82) is 0 Å². The molecule has 0 saturated heterocycles. The highest BCUT2D eigenvalue weighted by Gasteiger charge is 2.23. The lowest BCUT2D eigenvalue weighted by atomic mass is 9.90. The van der Waals surface area contributed by atoms with Gasteiger partial charge in [-0.2, -0.15) is 0 Å². The van der Waals surface area contributed by atoms with E-state index in [2.05, 4.69) is 74.8 Å². The molecule has 0 radical (unpaired) electrons. The van der Waals surface area contributed by atoms with E-state index in [1.165, 1.54) is 16.7 Å². The minimum absolute atomic E-state index is 0.267. The van der Waals surface area contributed by atoms with Crippen LogP contribution in [0.4, 0.5) is 5.69 Å². The van der Waals surface area contributed by atoms with Crippen LogP contribution < -0.4 is 20.5 Å².